The normalized spacial score (nSPS) is 16.1. The Bertz CT molecular complexity index is 919. The van der Waals surface area contributed by atoms with Gasteiger partial charge in [-0.05, 0) is 42.8 Å². The van der Waals surface area contributed by atoms with E-state index < -0.39 is 18.4 Å². The third kappa shape index (κ3) is 3.78. The van der Waals surface area contributed by atoms with Gasteiger partial charge in [-0.2, -0.15) is 0 Å². The number of amides is 1. The van der Waals surface area contributed by atoms with Crippen molar-refractivity contribution in [3.63, 3.8) is 0 Å². The number of carboxylic acids is 1. The van der Waals surface area contributed by atoms with Gasteiger partial charge in [0.25, 0.3) is 5.91 Å². The number of hydrogen-bond acceptors (Lipinski definition) is 6. The van der Waals surface area contributed by atoms with Crippen molar-refractivity contribution in [3.8, 4) is 11.3 Å². The second-order valence-electron chi connectivity index (χ2n) is 5.30. The highest BCUT2D eigenvalue weighted by molar-refractivity contribution is 8.26. The van der Waals surface area contributed by atoms with Crippen LogP contribution in [0.4, 0.5) is 0 Å². The number of thioether (sulfide) groups is 1. The van der Waals surface area contributed by atoms with Crippen molar-refractivity contribution in [2.45, 2.75) is 6.92 Å². The van der Waals surface area contributed by atoms with Crippen molar-refractivity contribution in [2.24, 2.45) is 0 Å². The molecule has 0 bridgehead atoms. The number of nitrogens with zero attached hydrogens (tertiary/aromatic N) is 1. The summed E-state index contributed by atoms with van der Waals surface area (Å²) in [5.41, 5.74) is 1.86. The Morgan fingerprint density at radius 3 is 2.84 bits per heavy atom. The molecule has 25 heavy (non-hydrogen) atoms. The van der Waals surface area contributed by atoms with E-state index in [9.17, 15) is 14.7 Å². The highest BCUT2D eigenvalue weighted by Crippen LogP contribution is 2.34. The van der Waals surface area contributed by atoms with E-state index >= 15 is 0 Å². The molecule has 2 aromatic rings. The second kappa shape index (κ2) is 7.03. The van der Waals surface area contributed by atoms with Crippen molar-refractivity contribution in [3.05, 3.63) is 51.6 Å². The van der Waals surface area contributed by atoms with Crippen LogP contribution in [0.1, 0.15) is 11.3 Å². The van der Waals surface area contributed by atoms with E-state index in [0.717, 1.165) is 27.8 Å². The number of carbonyl (C=O) groups is 2. The Balaban J connectivity index is 1.86. The van der Waals surface area contributed by atoms with E-state index in [1.807, 2.05) is 19.1 Å². The number of thiocarbonyl (C=S) groups is 1. The van der Waals surface area contributed by atoms with E-state index in [4.69, 9.17) is 28.2 Å². The van der Waals surface area contributed by atoms with Gasteiger partial charge in [0.15, 0.2) is 0 Å². The quantitative estimate of drug-likeness (QED) is 0.588. The first kappa shape index (κ1) is 17.7. The molecule has 1 aromatic carbocycles. The molecule has 3 rings (SSSR count). The molecule has 1 aromatic heterocycles. The minimum atomic E-state index is -1.36. The van der Waals surface area contributed by atoms with Gasteiger partial charge in [0, 0.05) is 16.7 Å². The van der Waals surface area contributed by atoms with Gasteiger partial charge in [-0.1, -0.05) is 35.6 Å². The molecule has 0 atom stereocenters. The fourth-order valence-electron chi connectivity index (χ4n) is 2.37. The lowest BCUT2D eigenvalue weighted by Crippen LogP contribution is -2.40. The molecule has 1 fully saturated rings. The van der Waals surface area contributed by atoms with Gasteiger partial charge in [-0.25, -0.2) is 0 Å². The van der Waals surface area contributed by atoms with Crippen molar-refractivity contribution in [1.29, 1.82) is 0 Å². The van der Waals surface area contributed by atoms with Crippen LogP contribution in [-0.2, 0) is 9.59 Å². The summed E-state index contributed by atoms with van der Waals surface area (Å²) in [6.07, 6.45) is 1.54. The molecular formula is C17H11ClNO4S2-. The maximum atomic E-state index is 12.2. The lowest BCUT2D eigenvalue weighted by Gasteiger charge is -2.14. The number of aryl methyl sites for hydroxylation is 1. The highest BCUT2D eigenvalue weighted by Gasteiger charge is 2.32. The Kier molecular flexibility index (Phi) is 4.99. The van der Waals surface area contributed by atoms with Crippen LogP contribution in [0.5, 0.6) is 0 Å². The Morgan fingerprint density at radius 2 is 2.16 bits per heavy atom. The SMILES string of the molecule is Cc1cc(Cl)ccc1-c1ccc(/C=C2/SC(=S)N(CC(=O)[O-])C2=O)o1. The summed E-state index contributed by atoms with van der Waals surface area (Å²) in [4.78, 5) is 24.2. The summed E-state index contributed by atoms with van der Waals surface area (Å²) in [5, 5.41) is 11.3. The van der Waals surface area contributed by atoms with Crippen LogP contribution in [0.25, 0.3) is 17.4 Å². The largest absolute Gasteiger partial charge is 0.548 e. The van der Waals surface area contributed by atoms with Gasteiger partial charge in [-0.3, -0.25) is 9.69 Å². The molecule has 1 saturated heterocycles. The summed E-state index contributed by atoms with van der Waals surface area (Å²) in [6.45, 7) is 1.36. The number of rotatable bonds is 4. The van der Waals surface area contributed by atoms with Crippen molar-refractivity contribution < 1.29 is 19.1 Å². The zero-order chi connectivity index (χ0) is 18.1. The highest BCUT2D eigenvalue weighted by atomic mass is 35.5. The van der Waals surface area contributed by atoms with Crippen LogP contribution >= 0.6 is 35.6 Å². The molecule has 0 spiro atoms. The maximum Gasteiger partial charge on any atom is 0.266 e. The van der Waals surface area contributed by atoms with Crippen molar-refractivity contribution in [1.82, 2.24) is 4.90 Å². The predicted octanol–water partition coefficient (Wildman–Crippen LogP) is 2.86. The summed E-state index contributed by atoms with van der Waals surface area (Å²) in [5.74, 6) is -0.722. The molecule has 2 heterocycles. The van der Waals surface area contributed by atoms with E-state index in [1.54, 1.807) is 24.3 Å². The molecule has 1 aliphatic heterocycles. The zero-order valence-corrected chi connectivity index (χ0v) is 15.3. The average molecular weight is 393 g/mol. The summed E-state index contributed by atoms with van der Waals surface area (Å²) >= 11 is 12.0. The minimum Gasteiger partial charge on any atom is -0.548 e. The number of furan rings is 1. The summed E-state index contributed by atoms with van der Waals surface area (Å²) in [7, 11) is 0. The lowest BCUT2D eigenvalue weighted by molar-refractivity contribution is -0.305. The number of benzene rings is 1. The molecule has 0 saturated carbocycles. The number of carboxylic acid groups (broad SMARTS) is 1. The summed E-state index contributed by atoms with van der Waals surface area (Å²) in [6, 6.07) is 9.00. The van der Waals surface area contributed by atoms with Gasteiger partial charge in [0.2, 0.25) is 0 Å². The van der Waals surface area contributed by atoms with Crippen LogP contribution in [-0.4, -0.2) is 27.6 Å². The van der Waals surface area contributed by atoms with E-state index in [-0.39, 0.29) is 4.32 Å². The fraction of sp³-hybridized carbons (Fsp3) is 0.118. The summed E-state index contributed by atoms with van der Waals surface area (Å²) < 4.78 is 5.96. The first-order valence-electron chi connectivity index (χ1n) is 7.17. The minimum absolute atomic E-state index is 0.181. The molecule has 1 aliphatic rings. The molecule has 1 amide bonds. The Hall–Kier alpha value is -2.09. The zero-order valence-electron chi connectivity index (χ0n) is 12.9. The maximum absolute atomic E-state index is 12.2. The van der Waals surface area contributed by atoms with Crippen molar-refractivity contribution in [2.75, 3.05) is 6.54 Å². The van der Waals surface area contributed by atoms with Crippen LogP contribution < -0.4 is 5.11 Å². The number of aliphatic carboxylic acids is 1. The average Bonchev–Trinajstić information content (AvgIpc) is 3.08. The smallest absolute Gasteiger partial charge is 0.266 e. The first-order valence-corrected chi connectivity index (χ1v) is 8.77. The second-order valence-corrected chi connectivity index (χ2v) is 7.41. The van der Waals surface area contributed by atoms with Crippen LogP contribution in [0.15, 0.2) is 39.7 Å². The Labute approximate surface area is 158 Å². The topological polar surface area (TPSA) is 73.6 Å². The van der Waals surface area contributed by atoms with Gasteiger partial charge < -0.3 is 14.3 Å². The lowest BCUT2D eigenvalue weighted by atomic mass is 10.1. The molecule has 128 valence electrons. The number of halogens is 1. The molecule has 0 aliphatic carbocycles. The van der Waals surface area contributed by atoms with Gasteiger partial charge >= 0.3 is 0 Å². The van der Waals surface area contributed by atoms with Crippen molar-refractivity contribution >= 4 is 57.9 Å². The predicted molar refractivity (Wildman–Crippen MR) is 98.8 cm³/mol. The molecule has 0 N–H and O–H groups in total. The number of hydrogen-bond donors (Lipinski definition) is 0. The standard InChI is InChI=1S/C17H12ClNO4S2/c1-9-6-10(18)2-4-12(9)13-5-3-11(23-13)7-14-16(22)19(8-15(20)21)17(24)25-14/h2-7H,8H2,1H3,(H,20,21)/p-1/b14-7+. The first-order chi connectivity index (χ1) is 11.8. The van der Waals surface area contributed by atoms with E-state index in [0.29, 0.717) is 21.4 Å². The van der Waals surface area contributed by atoms with E-state index in [1.165, 1.54) is 0 Å². The van der Waals surface area contributed by atoms with Gasteiger partial charge in [0.1, 0.15) is 15.8 Å². The van der Waals surface area contributed by atoms with Gasteiger partial charge in [-0.15, -0.1) is 0 Å². The monoisotopic (exact) mass is 392 g/mol. The third-order valence-corrected chi connectivity index (χ3v) is 5.13. The van der Waals surface area contributed by atoms with Crippen LogP contribution in [0, 0.1) is 6.92 Å². The van der Waals surface area contributed by atoms with Crippen LogP contribution in [0.2, 0.25) is 5.02 Å². The van der Waals surface area contributed by atoms with E-state index in [2.05, 4.69) is 0 Å². The molecule has 0 unspecified atom stereocenters. The molecule has 8 heteroatoms. The molecule has 0 radical (unpaired) electrons. The fourth-order valence-corrected chi connectivity index (χ4v) is 3.84. The van der Waals surface area contributed by atoms with Gasteiger partial charge in [0.05, 0.1) is 17.4 Å². The van der Waals surface area contributed by atoms with Crippen LogP contribution in [0.3, 0.4) is 0 Å². The molecule has 5 nitrogen and oxygen atoms in total. The molecular weight excluding hydrogens is 382 g/mol. The third-order valence-electron chi connectivity index (χ3n) is 3.51. The number of carbonyl (C=O) groups excluding carboxylic acids is 2. The Morgan fingerprint density at radius 1 is 1.40 bits per heavy atom.